The first-order valence-electron chi connectivity index (χ1n) is 15.1. The molecule has 226 valence electrons. The standard InChI is InChI=1S/C35H38N6O3/c1-4-5-13-30-21-20-29(23-40(25(2)3)35(43)44-24-27-11-7-6-8-12-27)34(42)41(30)22-26-16-18-28(19-17-26)31-14-9-10-15-32(31)33-36-38-39-37-33/h6-12,14-21,25H,4-5,13,22-24H2,1-3H3,(H,36,37,38,39). The second kappa shape index (κ2) is 14.4. The van der Waals surface area contributed by atoms with Crippen molar-refractivity contribution in [2.45, 2.75) is 65.8 Å². The molecule has 0 aliphatic rings. The summed E-state index contributed by atoms with van der Waals surface area (Å²) in [6.45, 7) is 6.78. The fraction of sp³-hybridized carbons (Fsp3) is 0.286. The molecule has 2 heterocycles. The molecule has 5 rings (SSSR count). The topological polar surface area (TPSA) is 106 Å². The van der Waals surface area contributed by atoms with Gasteiger partial charge in [-0.3, -0.25) is 4.79 Å². The molecule has 1 amide bonds. The number of H-pyrrole nitrogens is 1. The predicted octanol–water partition coefficient (Wildman–Crippen LogP) is 6.63. The maximum atomic E-state index is 13.9. The minimum atomic E-state index is -0.443. The molecule has 0 atom stereocenters. The van der Waals surface area contributed by atoms with Gasteiger partial charge in [0, 0.05) is 22.9 Å². The number of carbonyl (C=O) groups is 1. The molecule has 0 saturated carbocycles. The summed E-state index contributed by atoms with van der Waals surface area (Å²) < 4.78 is 7.46. The van der Waals surface area contributed by atoms with Crippen LogP contribution in [0.1, 0.15) is 56.0 Å². The zero-order valence-electron chi connectivity index (χ0n) is 25.4. The van der Waals surface area contributed by atoms with Gasteiger partial charge in [0.15, 0.2) is 0 Å². The number of hydrogen-bond donors (Lipinski definition) is 1. The van der Waals surface area contributed by atoms with E-state index in [0.717, 1.165) is 52.8 Å². The summed E-state index contributed by atoms with van der Waals surface area (Å²) in [4.78, 5) is 28.6. The van der Waals surface area contributed by atoms with E-state index >= 15 is 0 Å². The molecule has 44 heavy (non-hydrogen) atoms. The molecule has 1 N–H and O–H groups in total. The zero-order valence-corrected chi connectivity index (χ0v) is 25.4. The number of nitrogens with zero attached hydrogens (tertiary/aromatic N) is 5. The molecule has 5 aromatic rings. The molecule has 9 heteroatoms. The molecular weight excluding hydrogens is 552 g/mol. The van der Waals surface area contributed by atoms with Crippen LogP contribution in [-0.2, 0) is 30.9 Å². The first-order valence-corrected chi connectivity index (χ1v) is 15.1. The fourth-order valence-corrected chi connectivity index (χ4v) is 5.15. The second-order valence-corrected chi connectivity index (χ2v) is 11.1. The van der Waals surface area contributed by atoms with E-state index in [2.05, 4.69) is 39.7 Å². The lowest BCUT2D eigenvalue weighted by Gasteiger charge is -2.26. The Hall–Kier alpha value is -5.05. The molecule has 0 spiro atoms. The van der Waals surface area contributed by atoms with E-state index in [1.54, 1.807) is 4.90 Å². The van der Waals surface area contributed by atoms with E-state index in [1.807, 2.05) is 97.3 Å². The Morgan fingerprint density at radius 1 is 0.909 bits per heavy atom. The van der Waals surface area contributed by atoms with Gasteiger partial charge in [-0.05, 0) is 66.3 Å². The second-order valence-electron chi connectivity index (χ2n) is 11.1. The first-order chi connectivity index (χ1) is 21.4. The van der Waals surface area contributed by atoms with Crippen molar-refractivity contribution in [3.05, 3.63) is 124 Å². The van der Waals surface area contributed by atoms with Crippen LogP contribution in [0.15, 0.2) is 95.8 Å². The third kappa shape index (κ3) is 7.29. The number of rotatable bonds is 12. The average Bonchev–Trinajstić information content (AvgIpc) is 3.59. The van der Waals surface area contributed by atoms with Gasteiger partial charge in [0.25, 0.3) is 5.56 Å². The Morgan fingerprint density at radius 3 is 2.32 bits per heavy atom. The lowest BCUT2D eigenvalue weighted by molar-refractivity contribution is 0.0827. The van der Waals surface area contributed by atoms with Gasteiger partial charge >= 0.3 is 6.09 Å². The van der Waals surface area contributed by atoms with Crippen LogP contribution in [-0.4, -0.2) is 42.2 Å². The number of pyridine rings is 1. The number of ether oxygens (including phenoxy) is 1. The van der Waals surface area contributed by atoms with Crippen molar-refractivity contribution in [3.63, 3.8) is 0 Å². The number of benzene rings is 3. The van der Waals surface area contributed by atoms with Crippen molar-refractivity contribution in [1.29, 1.82) is 0 Å². The van der Waals surface area contributed by atoms with E-state index in [0.29, 0.717) is 17.9 Å². The number of tetrazole rings is 1. The SMILES string of the molecule is CCCCc1ccc(CN(C(=O)OCc2ccccc2)C(C)C)c(=O)n1Cc1ccc(-c2ccccc2-c2nn[nH]n2)cc1. The molecule has 0 bridgehead atoms. The number of amides is 1. The number of aromatic amines is 1. The highest BCUT2D eigenvalue weighted by atomic mass is 16.6. The molecular formula is C35H38N6O3. The average molecular weight is 591 g/mol. The Morgan fingerprint density at radius 2 is 1.64 bits per heavy atom. The highest BCUT2D eigenvalue weighted by molar-refractivity contribution is 5.80. The van der Waals surface area contributed by atoms with Crippen LogP contribution in [0.2, 0.25) is 0 Å². The molecule has 0 aliphatic heterocycles. The lowest BCUT2D eigenvalue weighted by atomic mass is 9.98. The van der Waals surface area contributed by atoms with Crippen LogP contribution in [0.3, 0.4) is 0 Å². The number of aromatic nitrogens is 5. The van der Waals surface area contributed by atoms with Gasteiger partial charge in [0.1, 0.15) is 6.61 Å². The lowest BCUT2D eigenvalue weighted by Crippen LogP contribution is -2.39. The van der Waals surface area contributed by atoms with E-state index in [4.69, 9.17) is 4.74 Å². The van der Waals surface area contributed by atoms with Crippen LogP contribution in [0.4, 0.5) is 4.79 Å². The normalized spacial score (nSPS) is 11.1. The Bertz CT molecular complexity index is 1710. The number of nitrogens with one attached hydrogen (secondary N) is 1. The van der Waals surface area contributed by atoms with Crippen molar-refractivity contribution in [1.82, 2.24) is 30.1 Å². The van der Waals surface area contributed by atoms with Crippen LogP contribution in [0.25, 0.3) is 22.5 Å². The van der Waals surface area contributed by atoms with Crippen molar-refractivity contribution in [3.8, 4) is 22.5 Å². The minimum absolute atomic E-state index is 0.0911. The largest absolute Gasteiger partial charge is 0.445 e. The van der Waals surface area contributed by atoms with Crippen molar-refractivity contribution in [2.75, 3.05) is 0 Å². The number of aryl methyl sites for hydroxylation is 1. The molecule has 9 nitrogen and oxygen atoms in total. The highest BCUT2D eigenvalue weighted by Gasteiger charge is 2.21. The number of carbonyl (C=O) groups excluding carboxylic acids is 1. The van der Waals surface area contributed by atoms with Gasteiger partial charge in [0.2, 0.25) is 5.82 Å². The van der Waals surface area contributed by atoms with Gasteiger partial charge in [-0.25, -0.2) is 4.79 Å². The van der Waals surface area contributed by atoms with Gasteiger partial charge in [-0.2, -0.15) is 5.21 Å². The molecule has 3 aromatic carbocycles. The van der Waals surface area contributed by atoms with Crippen molar-refractivity contribution in [2.24, 2.45) is 0 Å². The molecule has 0 aliphatic carbocycles. The van der Waals surface area contributed by atoms with Gasteiger partial charge < -0.3 is 14.2 Å². The summed E-state index contributed by atoms with van der Waals surface area (Å²) in [7, 11) is 0. The molecule has 0 saturated heterocycles. The summed E-state index contributed by atoms with van der Waals surface area (Å²) in [5.74, 6) is 0.535. The van der Waals surface area contributed by atoms with E-state index in [1.165, 1.54) is 0 Å². The van der Waals surface area contributed by atoms with Gasteiger partial charge in [0.05, 0.1) is 13.1 Å². The van der Waals surface area contributed by atoms with Crippen molar-refractivity contribution >= 4 is 6.09 Å². The first kappa shape index (κ1) is 30.4. The van der Waals surface area contributed by atoms with Gasteiger partial charge in [-0.15, -0.1) is 10.2 Å². The van der Waals surface area contributed by atoms with Crippen LogP contribution >= 0.6 is 0 Å². The Labute approximate surface area is 257 Å². The van der Waals surface area contributed by atoms with E-state index in [9.17, 15) is 9.59 Å². The molecule has 2 aromatic heterocycles. The summed E-state index contributed by atoms with van der Waals surface area (Å²) in [5, 5.41) is 14.5. The van der Waals surface area contributed by atoms with Crippen LogP contribution < -0.4 is 5.56 Å². The summed E-state index contributed by atoms with van der Waals surface area (Å²) in [6, 6.07) is 29.5. The smallest absolute Gasteiger partial charge is 0.410 e. The highest BCUT2D eigenvalue weighted by Crippen LogP contribution is 2.30. The van der Waals surface area contributed by atoms with E-state index < -0.39 is 6.09 Å². The summed E-state index contributed by atoms with van der Waals surface area (Å²) in [5.41, 5.74) is 6.26. The zero-order chi connectivity index (χ0) is 30.9. The van der Waals surface area contributed by atoms with Gasteiger partial charge in [-0.1, -0.05) is 92.2 Å². The molecule has 0 radical (unpaired) electrons. The predicted molar refractivity (Wildman–Crippen MR) is 171 cm³/mol. The summed E-state index contributed by atoms with van der Waals surface area (Å²) >= 11 is 0. The van der Waals surface area contributed by atoms with Crippen LogP contribution in [0.5, 0.6) is 0 Å². The third-order valence-corrected chi connectivity index (χ3v) is 7.65. The number of unbranched alkanes of at least 4 members (excludes halogenated alkanes) is 1. The maximum Gasteiger partial charge on any atom is 0.410 e. The molecule has 0 unspecified atom stereocenters. The quantitative estimate of drug-likeness (QED) is 0.175. The van der Waals surface area contributed by atoms with Crippen LogP contribution in [0, 0.1) is 0 Å². The fourth-order valence-electron chi connectivity index (χ4n) is 5.15. The maximum absolute atomic E-state index is 13.9. The van der Waals surface area contributed by atoms with E-state index in [-0.39, 0.29) is 24.8 Å². The number of hydrogen-bond acceptors (Lipinski definition) is 6. The Kier molecular flexibility index (Phi) is 9.96. The third-order valence-electron chi connectivity index (χ3n) is 7.65. The monoisotopic (exact) mass is 590 g/mol. The van der Waals surface area contributed by atoms with Crippen molar-refractivity contribution < 1.29 is 9.53 Å². The summed E-state index contributed by atoms with van der Waals surface area (Å²) in [6.07, 6.45) is 2.37. The molecule has 0 fully saturated rings. The Balaban J connectivity index is 1.38. The minimum Gasteiger partial charge on any atom is -0.445 e.